The Morgan fingerprint density at radius 2 is 1.83 bits per heavy atom. The van der Waals surface area contributed by atoms with Gasteiger partial charge in [0.1, 0.15) is 5.75 Å². The molecule has 0 radical (unpaired) electrons. The van der Waals surface area contributed by atoms with Crippen LogP contribution in [0.3, 0.4) is 0 Å². The smallest absolute Gasteiger partial charge is 0.251 e. The molecule has 0 aromatic heterocycles. The van der Waals surface area contributed by atoms with Crippen molar-refractivity contribution in [2.75, 3.05) is 40.3 Å². The highest BCUT2D eigenvalue weighted by Crippen LogP contribution is 2.15. The Morgan fingerprint density at radius 1 is 1.21 bits per heavy atom. The van der Waals surface area contributed by atoms with Crippen LogP contribution in [0.2, 0.25) is 0 Å². The molecule has 0 aliphatic carbocycles. The predicted molar refractivity (Wildman–Crippen MR) is 96.7 cm³/mol. The molecule has 0 bridgehead atoms. The second-order valence-corrected chi connectivity index (χ2v) is 6.13. The van der Waals surface area contributed by atoms with Crippen LogP contribution in [-0.4, -0.2) is 57.1 Å². The van der Waals surface area contributed by atoms with Crippen molar-refractivity contribution < 1.29 is 9.53 Å². The zero-order valence-corrected chi connectivity index (χ0v) is 14.8. The Balaban J connectivity index is 1.72. The lowest BCUT2D eigenvalue weighted by Crippen LogP contribution is -2.47. The molecule has 1 aromatic rings. The third kappa shape index (κ3) is 5.15. The number of aliphatic imine (C=N–C) groups is 1. The molecule has 1 fully saturated rings. The zero-order chi connectivity index (χ0) is 17.4. The van der Waals surface area contributed by atoms with Crippen molar-refractivity contribution in [3.05, 3.63) is 29.8 Å². The summed E-state index contributed by atoms with van der Waals surface area (Å²) in [5.41, 5.74) is 0.630. The van der Waals surface area contributed by atoms with E-state index in [4.69, 9.17) is 4.74 Å². The van der Waals surface area contributed by atoms with Gasteiger partial charge in [0.15, 0.2) is 5.96 Å². The molecule has 24 heavy (non-hydrogen) atoms. The first-order valence-corrected chi connectivity index (χ1v) is 8.52. The maximum absolute atomic E-state index is 12.1. The Kier molecular flexibility index (Phi) is 6.90. The largest absolute Gasteiger partial charge is 0.497 e. The Morgan fingerprint density at radius 3 is 2.42 bits per heavy atom. The number of ether oxygens (including phenoxy) is 1. The number of nitrogens with one attached hydrogen (secondary N) is 2. The van der Waals surface area contributed by atoms with Gasteiger partial charge >= 0.3 is 0 Å². The van der Waals surface area contributed by atoms with Crippen molar-refractivity contribution >= 4 is 11.9 Å². The number of hydrogen-bond acceptors (Lipinski definition) is 3. The van der Waals surface area contributed by atoms with E-state index < -0.39 is 0 Å². The highest BCUT2D eigenvalue weighted by Gasteiger charge is 2.18. The second kappa shape index (κ2) is 9.15. The van der Waals surface area contributed by atoms with Gasteiger partial charge in [0.05, 0.1) is 7.11 Å². The summed E-state index contributed by atoms with van der Waals surface area (Å²) in [5.74, 6) is 2.37. The molecule has 0 unspecified atom stereocenters. The molecule has 1 saturated heterocycles. The molecule has 1 aromatic carbocycles. The number of likely N-dealkylation sites (tertiary alicyclic amines) is 1. The molecule has 6 nitrogen and oxygen atoms in total. The number of carbonyl (C=O) groups excluding carboxylic acids is 1. The first kappa shape index (κ1) is 18.1. The number of nitrogens with zero attached hydrogens (tertiary/aromatic N) is 2. The fourth-order valence-electron chi connectivity index (χ4n) is 2.75. The van der Waals surface area contributed by atoms with Crippen LogP contribution >= 0.6 is 0 Å². The number of hydrogen-bond donors (Lipinski definition) is 2. The van der Waals surface area contributed by atoms with Crippen LogP contribution in [0.5, 0.6) is 5.75 Å². The van der Waals surface area contributed by atoms with Crippen LogP contribution in [0.1, 0.15) is 30.1 Å². The summed E-state index contributed by atoms with van der Waals surface area (Å²) in [5, 5.41) is 6.23. The minimum Gasteiger partial charge on any atom is -0.497 e. The molecule has 1 amide bonds. The second-order valence-electron chi connectivity index (χ2n) is 6.13. The van der Waals surface area contributed by atoms with Crippen molar-refractivity contribution in [1.29, 1.82) is 0 Å². The third-order valence-corrected chi connectivity index (χ3v) is 4.34. The SMILES string of the molecule is CN=C(NCCNC(=O)c1ccc(OC)cc1)N1CCC(C)CC1. The fraction of sp³-hybridized carbons (Fsp3) is 0.556. The van der Waals surface area contributed by atoms with Crippen molar-refractivity contribution in [1.82, 2.24) is 15.5 Å². The Hall–Kier alpha value is -2.24. The molecule has 6 heteroatoms. The van der Waals surface area contributed by atoms with Crippen molar-refractivity contribution in [3.8, 4) is 5.75 Å². The van der Waals surface area contributed by atoms with Gasteiger partial charge in [-0.05, 0) is 43.0 Å². The van der Waals surface area contributed by atoms with Gasteiger partial charge < -0.3 is 20.3 Å². The third-order valence-electron chi connectivity index (χ3n) is 4.34. The summed E-state index contributed by atoms with van der Waals surface area (Å²) in [6.07, 6.45) is 2.41. The molecule has 1 aliphatic rings. The van der Waals surface area contributed by atoms with Gasteiger partial charge in [0.2, 0.25) is 0 Å². The Bertz CT molecular complexity index is 549. The van der Waals surface area contributed by atoms with Crippen LogP contribution in [0.15, 0.2) is 29.3 Å². The van der Waals surface area contributed by atoms with Crippen LogP contribution in [0.25, 0.3) is 0 Å². The molecule has 132 valence electrons. The van der Waals surface area contributed by atoms with E-state index in [1.54, 1.807) is 38.4 Å². The molecule has 2 rings (SSSR count). The summed E-state index contributed by atoms with van der Waals surface area (Å²) in [7, 11) is 3.41. The predicted octanol–water partition coefficient (Wildman–Crippen LogP) is 1.73. The Labute approximate surface area is 144 Å². The number of guanidine groups is 1. The summed E-state index contributed by atoms with van der Waals surface area (Å²) in [6.45, 7) is 5.58. The molecular weight excluding hydrogens is 304 g/mol. The van der Waals surface area contributed by atoms with Crippen molar-refractivity contribution in [2.24, 2.45) is 10.9 Å². The number of methoxy groups -OCH3 is 1. The van der Waals surface area contributed by atoms with Crippen LogP contribution < -0.4 is 15.4 Å². The van der Waals surface area contributed by atoms with E-state index in [-0.39, 0.29) is 5.91 Å². The number of piperidine rings is 1. The monoisotopic (exact) mass is 332 g/mol. The molecule has 1 heterocycles. The molecule has 2 N–H and O–H groups in total. The van der Waals surface area contributed by atoms with E-state index in [2.05, 4.69) is 27.4 Å². The molecule has 1 aliphatic heterocycles. The van der Waals surface area contributed by atoms with Gasteiger partial charge in [-0.2, -0.15) is 0 Å². The first-order valence-electron chi connectivity index (χ1n) is 8.52. The maximum atomic E-state index is 12.1. The lowest BCUT2D eigenvalue weighted by molar-refractivity contribution is 0.0954. The molecular formula is C18H28N4O2. The topological polar surface area (TPSA) is 66.0 Å². The summed E-state index contributed by atoms with van der Waals surface area (Å²) in [6, 6.07) is 7.09. The van der Waals surface area contributed by atoms with Gasteiger partial charge in [-0.3, -0.25) is 9.79 Å². The van der Waals surface area contributed by atoms with Crippen molar-refractivity contribution in [2.45, 2.75) is 19.8 Å². The first-order chi connectivity index (χ1) is 11.6. The van der Waals surface area contributed by atoms with E-state index in [1.807, 2.05) is 0 Å². The van der Waals surface area contributed by atoms with Gasteiger partial charge in [-0.1, -0.05) is 6.92 Å². The number of amides is 1. The minimum absolute atomic E-state index is 0.0822. The highest BCUT2D eigenvalue weighted by molar-refractivity contribution is 5.94. The van der Waals surface area contributed by atoms with Gasteiger partial charge in [-0.25, -0.2) is 0 Å². The van der Waals surface area contributed by atoms with Gasteiger partial charge in [0.25, 0.3) is 5.91 Å². The number of carbonyl (C=O) groups is 1. The molecule has 0 saturated carbocycles. The van der Waals surface area contributed by atoms with E-state index in [0.29, 0.717) is 18.7 Å². The summed E-state index contributed by atoms with van der Waals surface area (Å²) < 4.78 is 5.09. The maximum Gasteiger partial charge on any atom is 0.251 e. The fourth-order valence-corrected chi connectivity index (χ4v) is 2.75. The van der Waals surface area contributed by atoms with E-state index in [9.17, 15) is 4.79 Å². The lowest BCUT2D eigenvalue weighted by Gasteiger charge is -2.32. The van der Waals surface area contributed by atoms with Crippen LogP contribution in [0.4, 0.5) is 0 Å². The number of rotatable bonds is 5. The quantitative estimate of drug-likeness (QED) is 0.490. The van der Waals surface area contributed by atoms with E-state index >= 15 is 0 Å². The van der Waals surface area contributed by atoms with E-state index in [0.717, 1.165) is 30.7 Å². The average Bonchev–Trinajstić information content (AvgIpc) is 2.62. The highest BCUT2D eigenvalue weighted by atomic mass is 16.5. The summed E-state index contributed by atoms with van der Waals surface area (Å²) >= 11 is 0. The summed E-state index contributed by atoms with van der Waals surface area (Å²) in [4.78, 5) is 18.7. The normalized spacial score (nSPS) is 16.0. The average molecular weight is 332 g/mol. The zero-order valence-electron chi connectivity index (χ0n) is 14.8. The molecule has 0 spiro atoms. The minimum atomic E-state index is -0.0822. The van der Waals surface area contributed by atoms with Crippen molar-refractivity contribution in [3.63, 3.8) is 0 Å². The van der Waals surface area contributed by atoms with E-state index in [1.165, 1.54) is 12.8 Å². The van der Waals surface area contributed by atoms with Crippen LogP contribution in [-0.2, 0) is 0 Å². The van der Waals surface area contributed by atoms with Gasteiger partial charge in [0, 0.05) is 38.8 Å². The molecule has 0 atom stereocenters. The van der Waals surface area contributed by atoms with Crippen LogP contribution in [0, 0.1) is 5.92 Å². The standard InChI is InChI=1S/C18H28N4O2/c1-14-8-12-22(13-9-14)18(19-2)21-11-10-20-17(23)15-4-6-16(24-3)7-5-15/h4-7,14H,8-13H2,1-3H3,(H,19,21)(H,20,23). The number of benzene rings is 1. The van der Waals surface area contributed by atoms with Gasteiger partial charge in [-0.15, -0.1) is 0 Å². The lowest BCUT2D eigenvalue weighted by atomic mass is 10.00.